The standard InChI is InChI=1S/C18H14N2O4/c1-11-3-7-13(8-4-11)17(21)15-16(20(23)24-19-15)18(22)14-9-5-12(2)6-10-14/h3-10H,1-2H3/p+1. The van der Waals surface area contributed by atoms with Crippen molar-refractivity contribution in [1.29, 1.82) is 0 Å². The normalized spacial score (nSPS) is 10.6. The summed E-state index contributed by atoms with van der Waals surface area (Å²) >= 11 is 0. The molecule has 0 aliphatic carbocycles. The monoisotopic (exact) mass is 323 g/mol. The number of carbonyl (C=O) groups excluding carboxylic acids is 2. The second-order valence-corrected chi connectivity index (χ2v) is 5.56. The molecule has 1 N–H and O–H groups in total. The summed E-state index contributed by atoms with van der Waals surface area (Å²) in [5, 5.41) is 2.25. The van der Waals surface area contributed by atoms with E-state index in [1.54, 1.807) is 48.5 Å². The predicted molar refractivity (Wildman–Crippen MR) is 85.6 cm³/mol. The molecule has 2 aromatic carbocycles. The summed E-state index contributed by atoms with van der Waals surface area (Å²) in [5.41, 5.74) is 2.12. The minimum atomic E-state index is -0.578. The van der Waals surface area contributed by atoms with Gasteiger partial charge in [0, 0.05) is 11.1 Å². The number of nitrogens with one attached hydrogen (secondary N) is 1. The largest absolute Gasteiger partial charge is 0.323 e. The van der Waals surface area contributed by atoms with Crippen LogP contribution in [0.15, 0.2) is 53.2 Å². The average molecular weight is 323 g/mol. The number of aromatic nitrogens is 2. The van der Waals surface area contributed by atoms with Gasteiger partial charge in [-0.25, -0.2) is 0 Å². The lowest BCUT2D eigenvalue weighted by Crippen LogP contribution is -2.24. The van der Waals surface area contributed by atoms with Gasteiger partial charge in [-0.3, -0.25) is 9.59 Å². The van der Waals surface area contributed by atoms with E-state index in [0.717, 1.165) is 11.1 Å². The molecule has 0 aliphatic heterocycles. The van der Waals surface area contributed by atoms with Crippen LogP contribution in [0, 0.1) is 18.8 Å². The van der Waals surface area contributed by atoms with Gasteiger partial charge < -0.3 is 0 Å². The fraction of sp³-hybridized carbons (Fsp3) is 0.111. The molecule has 0 saturated heterocycles. The number of benzene rings is 2. The second-order valence-electron chi connectivity index (χ2n) is 5.56. The first kappa shape index (κ1) is 15.6. The van der Waals surface area contributed by atoms with E-state index in [-0.39, 0.29) is 16.0 Å². The van der Waals surface area contributed by atoms with Crippen LogP contribution in [0.2, 0.25) is 0 Å². The SMILES string of the molecule is Cc1ccc(C(=O)c2[nH]o[n+](=O)c2C(=O)c2ccc(C)cc2)cc1. The highest BCUT2D eigenvalue weighted by atomic mass is 16.7. The highest BCUT2D eigenvalue weighted by Crippen LogP contribution is 2.15. The molecule has 0 radical (unpaired) electrons. The van der Waals surface area contributed by atoms with E-state index in [1.807, 2.05) is 13.8 Å². The lowest BCUT2D eigenvalue weighted by Gasteiger charge is -1.99. The van der Waals surface area contributed by atoms with Gasteiger partial charge in [0.15, 0.2) is 4.60 Å². The number of carbonyl (C=O) groups is 2. The molecule has 1 heterocycles. The van der Waals surface area contributed by atoms with Crippen molar-refractivity contribution in [3.63, 3.8) is 0 Å². The summed E-state index contributed by atoms with van der Waals surface area (Å²) < 4.78 is 4.65. The van der Waals surface area contributed by atoms with Crippen molar-refractivity contribution < 1.29 is 18.8 Å². The van der Waals surface area contributed by atoms with Crippen LogP contribution in [0.25, 0.3) is 0 Å². The molecule has 24 heavy (non-hydrogen) atoms. The first-order valence-electron chi connectivity index (χ1n) is 7.34. The highest BCUT2D eigenvalue weighted by Gasteiger charge is 2.33. The topological polar surface area (TPSA) is 86.0 Å². The van der Waals surface area contributed by atoms with Gasteiger partial charge in [-0.2, -0.15) is 0 Å². The fourth-order valence-electron chi connectivity index (χ4n) is 2.31. The van der Waals surface area contributed by atoms with E-state index in [4.69, 9.17) is 0 Å². The van der Waals surface area contributed by atoms with E-state index in [0.29, 0.717) is 11.1 Å². The number of rotatable bonds is 4. The highest BCUT2D eigenvalue weighted by molar-refractivity contribution is 6.16. The van der Waals surface area contributed by atoms with Crippen molar-refractivity contribution in [3.05, 3.63) is 87.1 Å². The second kappa shape index (κ2) is 6.08. The van der Waals surface area contributed by atoms with Gasteiger partial charge in [0.1, 0.15) is 0 Å². The minimum absolute atomic E-state index is 0.0314. The summed E-state index contributed by atoms with van der Waals surface area (Å²) in [4.78, 5) is 37.0. The Morgan fingerprint density at radius 2 is 1.29 bits per heavy atom. The Morgan fingerprint density at radius 3 is 1.79 bits per heavy atom. The van der Waals surface area contributed by atoms with E-state index in [1.165, 1.54) is 0 Å². The summed E-state index contributed by atoms with van der Waals surface area (Å²) in [6, 6.07) is 13.5. The Labute approximate surface area is 137 Å². The van der Waals surface area contributed by atoms with Crippen molar-refractivity contribution in [3.8, 4) is 0 Å². The maximum Gasteiger partial charge on any atom is 0.323 e. The third-order valence-corrected chi connectivity index (χ3v) is 3.72. The number of nitrogens with zero attached hydrogens (tertiary/aromatic N) is 1. The van der Waals surface area contributed by atoms with Gasteiger partial charge in [-0.1, -0.05) is 69.4 Å². The fourth-order valence-corrected chi connectivity index (χ4v) is 2.31. The zero-order valence-corrected chi connectivity index (χ0v) is 13.2. The third kappa shape index (κ3) is 2.81. The molecule has 0 unspecified atom stereocenters. The molecule has 0 spiro atoms. The Kier molecular flexibility index (Phi) is 3.95. The smallest absolute Gasteiger partial charge is 0.284 e. The Morgan fingerprint density at radius 1 is 0.833 bits per heavy atom. The first-order valence-corrected chi connectivity index (χ1v) is 7.34. The Hall–Kier alpha value is -3.28. The molecule has 0 fully saturated rings. The quantitative estimate of drug-likeness (QED) is 0.748. The van der Waals surface area contributed by atoms with E-state index < -0.39 is 11.6 Å². The molecule has 3 aromatic rings. The zero-order valence-electron chi connectivity index (χ0n) is 13.2. The predicted octanol–water partition coefficient (Wildman–Crippen LogP) is 2.60. The van der Waals surface area contributed by atoms with Crippen molar-refractivity contribution in [2.24, 2.45) is 0 Å². The van der Waals surface area contributed by atoms with Crippen molar-refractivity contribution in [2.75, 3.05) is 0 Å². The van der Waals surface area contributed by atoms with E-state index in [9.17, 15) is 14.5 Å². The van der Waals surface area contributed by atoms with Crippen LogP contribution in [0.3, 0.4) is 0 Å². The molecular weight excluding hydrogens is 308 g/mol. The molecule has 6 heteroatoms. The molecule has 0 aliphatic rings. The maximum atomic E-state index is 12.6. The van der Waals surface area contributed by atoms with Crippen molar-refractivity contribution >= 4 is 11.6 Å². The summed E-state index contributed by atoms with van der Waals surface area (Å²) in [6.07, 6.45) is 0. The van der Waals surface area contributed by atoms with Crippen LogP contribution in [0.5, 0.6) is 0 Å². The number of aromatic amines is 1. The van der Waals surface area contributed by atoms with Gasteiger partial charge in [0.25, 0.3) is 5.69 Å². The van der Waals surface area contributed by atoms with Crippen LogP contribution in [-0.4, -0.2) is 16.7 Å². The minimum Gasteiger partial charge on any atom is -0.284 e. The summed E-state index contributed by atoms with van der Waals surface area (Å²) in [6.45, 7) is 3.79. The van der Waals surface area contributed by atoms with Crippen LogP contribution >= 0.6 is 0 Å². The first-order chi connectivity index (χ1) is 11.5. The van der Waals surface area contributed by atoms with Crippen LogP contribution < -0.4 is 4.60 Å². The molecule has 6 nitrogen and oxygen atoms in total. The van der Waals surface area contributed by atoms with Crippen LogP contribution in [0.4, 0.5) is 0 Å². The van der Waals surface area contributed by atoms with Crippen molar-refractivity contribution in [2.45, 2.75) is 13.8 Å². The van der Waals surface area contributed by atoms with Gasteiger partial charge in [-0.05, 0) is 18.8 Å². The molecule has 120 valence electrons. The van der Waals surface area contributed by atoms with Gasteiger partial charge in [0.2, 0.25) is 11.6 Å². The van der Waals surface area contributed by atoms with E-state index in [2.05, 4.69) is 9.79 Å². The van der Waals surface area contributed by atoms with E-state index >= 15 is 0 Å². The number of aryl methyl sites for hydroxylation is 2. The molecule has 0 saturated carbocycles. The zero-order chi connectivity index (χ0) is 17.3. The molecule has 3 rings (SSSR count). The van der Waals surface area contributed by atoms with Crippen LogP contribution in [0.1, 0.15) is 43.2 Å². The Bertz CT molecular complexity index is 964. The number of ketones is 2. The van der Waals surface area contributed by atoms with Crippen molar-refractivity contribution in [1.82, 2.24) is 5.16 Å². The van der Waals surface area contributed by atoms with Gasteiger partial charge >= 0.3 is 5.69 Å². The average Bonchev–Trinajstić information content (AvgIpc) is 2.96. The number of hydrogen-bond donors (Lipinski definition) is 1. The lowest BCUT2D eigenvalue weighted by molar-refractivity contribution is -0.714. The molecule has 0 bridgehead atoms. The molecule has 0 atom stereocenters. The maximum absolute atomic E-state index is 12.6. The molecular formula is C18H15N2O4+. The van der Waals surface area contributed by atoms with Crippen LogP contribution in [-0.2, 0) is 0 Å². The summed E-state index contributed by atoms with van der Waals surface area (Å²) in [5.74, 6) is -1.06. The molecule has 1 aromatic heterocycles. The van der Waals surface area contributed by atoms with Gasteiger partial charge in [0.05, 0.1) is 0 Å². The molecule has 0 amide bonds. The van der Waals surface area contributed by atoms with Gasteiger partial charge in [-0.15, -0.1) is 0 Å². The number of hydrogen-bond acceptors (Lipinski definition) is 4. The lowest BCUT2D eigenvalue weighted by atomic mass is 10.0. The third-order valence-electron chi connectivity index (χ3n) is 3.72. The summed E-state index contributed by atoms with van der Waals surface area (Å²) in [7, 11) is 0. The number of H-pyrrole nitrogens is 1. The Balaban J connectivity index is 2.04.